The maximum absolute atomic E-state index is 12.2. The van der Waals surface area contributed by atoms with E-state index in [1.54, 1.807) is 18.9 Å². The standard InChI is InChI=1S/C17H24N2O4/c1-13(17(21)19-9-11-23-12-10-19)18-16(20)8-5-14-3-6-15(22-2)7-4-14/h3-4,6-7,13H,5,8-12H2,1-2H3,(H,18,20)/t13-/m0/s1. The number of benzene rings is 1. The lowest BCUT2D eigenvalue weighted by Crippen LogP contribution is -2.50. The molecule has 1 aromatic rings. The highest BCUT2D eigenvalue weighted by molar-refractivity contribution is 5.87. The molecule has 1 aromatic carbocycles. The molecule has 1 aliphatic heterocycles. The number of hydrogen-bond acceptors (Lipinski definition) is 4. The fourth-order valence-corrected chi connectivity index (χ4v) is 2.48. The maximum atomic E-state index is 12.2. The minimum absolute atomic E-state index is 0.0499. The molecule has 2 rings (SSSR count). The zero-order chi connectivity index (χ0) is 16.7. The maximum Gasteiger partial charge on any atom is 0.245 e. The molecule has 6 nitrogen and oxygen atoms in total. The molecular weight excluding hydrogens is 296 g/mol. The number of nitrogens with one attached hydrogen (secondary N) is 1. The molecular formula is C17H24N2O4. The number of hydrogen-bond donors (Lipinski definition) is 1. The summed E-state index contributed by atoms with van der Waals surface area (Å²) in [7, 11) is 1.62. The number of aryl methyl sites for hydroxylation is 1. The summed E-state index contributed by atoms with van der Waals surface area (Å²) in [6.45, 7) is 4.02. The van der Waals surface area contributed by atoms with Gasteiger partial charge in [0.25, 0.3) is 0 Å². The molecule has 1 N–H and O–H groups in total. The van der Waals surface area contributed by atoms with Crippen molar-refractivity contribution in [1.82, 2.24) is 10.2 Å². The van der Waals surface area contributed by atoms with Gasteiger partial charge in [0.1, 0.15) is 11.8 Å². The van der Waals surface area contributed by atoms with Crippen LogP contribution in [0, 0.1) is 0 Å². The van der Waals surface area contributed by atoms with Crippen LogP contribution in [-0.2, 0) is 20.7 Å². The predicted octanol–water partition coefficient (Wildman–Crippen LogP) is 0.991. The van der Waals surface area contributed by atoms with Gasteiger partial charge in [-0.25, -0.2) is 0 Å². The van der Waals surface area contributed by atoms with Crippen molar-refractivity contribution in [3.8, 4) is 5.75 Å². The molecule has 0 bridgehead atoms. The van der Waals surface area contributed by atoms with E-state index in [9.17, 15) is 9.59 Å². The Bertz CT molecular complexity index is 524. The minimum atomic E-state index is -0.503. The van der Waals surface area contributed by atoms with E-state index in [2.05, 4.69) is 5.32 Å². The first kappa shape index (κ1) is 17.3. The van der Waals surface area contributed by atoms with Gasteiger partial charge in [-0.05, 0) is 31.0 Å². The van der Waals surface area contributed by atoms with Crippen molar-refractivity contribution >= 4 is 11.8 Å². The van der Waals surface area contributed by atoms with Crippen molar-refractivity contribution in [3.63, 3.8) is 0 Å². The number of carbonyl (C=O) groups is 2. The van der Waals surface area contributed by atoms with Gasteiger partial charge in [0, 0.05) is 19.5 Å². The van der Waals surface area contributed by atoms with Crippen molar-refractivity contribution in [2.75, 3.05) is 33.4 Å². The summed E-state index contributed by atoms with van der Waals surface area (Å²) < 4.78 is 10.3. The van der Waals surface area contributed by atoms with E-state index >= 15 is 0 Å². The zero-order valence-electron chi connectivity index (χ0n) is 13.7. The lowest BCUT2D eigenvalue weighted by molar-refractivity contribution is -0.139. The van der Waals surface area contributed by atoms with Crippen LogP contribution >= 0.6 is 0 Å². The van der Waals surface area contributed by atoms with Gasteiger partial charge in [0.15, 0.2) is 0 Å². The van der Waals surface area contributed by atoms with Crippen LogP contribution in [0.25, 0.3) is 0 Å². The fraction of sp³-hybridized carbons (Fsp3) is 0.529. The summed E-state index contributed by atoms with van der Waals surface area (Å²) in [4.78, 5) is 26.0. The number of carbonyl (C=O) groups excluding carboxylic acids is 2. The van der Waals surface area contributed by atoms with E-state index in [0.29, 0.717) is 39.1 Å². The highest BCUT2D eigenvalue weighted by atomic mass is 16.5. The molecule has 1 atom stereocenters. The third-order valence-electron chi connectivity index (χ3n) is 3.87. The van der Waals surface area contributed by atoms with Gasteiger partial charge in [0.2, 0.25) is 11.8 Å². The summed E-state index contributed by atoms with van der Waals surface area (Å²) in [5.74, 6) is 0.629. The fourth-order valence-electron chi connectivity index (χ4n) is 2.48. The Kier molecular flexibility index (Phi) is 6.40. The number of amides is 2. The van der Waals surface area contributed by atoms with Crippen LogP contribution in [0.2, 0.25) is 0 Å². The van der Waals surface area contributed by atoms with Crippen LogP contribution in [0.1, 0.15) is 18.9 Å². The topological polar surface area (TPSA) is 67.9 Å². The van der Waals surface area contributed by atoms with Crippen LogP contribution in [0.15, 0.2) is 24.3 Å². The quantitative estimate of drug-likeness (QED) is 0.849. The number of nitrogens with zero attached hydrogens (tertiary/aromatic N) is 1. The Morgan fingerprint density at radius 3 is 2.52 bits per heavy atom. The molecule has 23 heavy (non-hydrogen) atoms. The molecule has 1 heterocycles. The summed E-state index contributed by atoms with van der Waals surface area (Å²) >= 11 is 0. The van der Waals surface area contributed by atoms with Crippen LogP contribution in [0.5, 0.6) is 5.75 Å². The first-order valence-corrected chi connectivity index (χ1v) is 7.89. The molecule has 0 aromatic heterocycles. The van der Waals surface area contributed by atoms with Gasteiger partial charge in [-0.3, -0.25) is 9.59 Å². The zero-order valence-corrected chi connectivity index (χ0v) is 13.7. The van der Waals surface area contributed by atoms with Gasteiger partial charge in [-0.2, -0.15) is 0 Å². The van der Waals surface area contributed by atoms with Gasteiger partial charge in [0.05, 0.1) is 20.3 Å². The third-order valence-corrected chi connectivity index (χ3v) is 3.87. The number of morpholine rings is 1. The first-order valence-electron chi connectivity index (χ1n) is 7.89. The Morgan fingerprint density at radius 2 is 1.91 bits per heavy atom. The Morgan fingerprint density at radius 1 is 1.26 bits per heavy atom. The van der Waals surface area contributed by atoms with Crippen molar-refractivity contribution in [1.29, 1.82) is 0 Å². The third kappa shape index (κ3) is 5.25. The lowest BCUT2D eigenvalue weighted by atomic mass is 10.1. The highest BCUT2D eigenvalue weighted by Gasteiger charge is 2.23. The molecule has 1 aliphatic rings. The molecule has 0 saturated carbocycles. The molecule has 0 spiro atoms. The average molecular weight is 320 g/mol. The van der Waals surface area contributed by atoms with E-state index in [0.717, 1.165) is 11.3 Å². The van der Waals surface area contributed by atoms with Crippen LogP contribution < -0.4 is 10.1 Å². The SMILES string of the molecule is COc1ccc(CCC(=O)N[C@@H](C)C(=O)N2CCOCC2)cc1. The van der Waals surface area contributed by atoms with Crippen molar-refractivity contribution in [3.05, 3.63) is 29.8 Å². The normalized spacial score (nSPS) is 15.8. The molecule has 0 unspecified atom stereocenters. The van der Waals surface area contributed by atoms with E-state index in [-0.39, 0.29) is 11.8 Å². The highest BCUT2D eigenvalue weighted by Crippen LogP contribution is 2.12. The molecule has 0 radical (unpaired) electrons. The van der Waals surface area contributed by atoms with Crippen molar-refractivity contribution < 1.29 is 19.1 Å². The predicted molar refractivity (Wildman–Crippen MR) is 86.3 cm³/mol. The number of methoxy groups -OCH3 is 1. The molecule has 0 aliphatic carbocycles. The monoisotopic (exact) mass is 320 g/mol. The minimum Gasteiger partial charge on any atom is -0.497 e. The first-order chi connectivity index (χ1) is 11.1. The number of ether oxygens (including phenoxy) is 2. The lowest BCUT2D eigenvalue weighted by Gasteiger charge is -2.29. The summed E-state index contributed by atoms with van der Waals surface area (Å²) in [5, 5.41) is 2.77. The van der Waals surface area contributed by atoms with E-state index in [1.807, 2.05) is 24.3 Å². The Balaban J connectivity index is 1.75. The molecule has 126 valence electrons. The van der Waals surface area contributed by atoms with Gasteiger partial charge >= 0.3 is 0 Å². The summed E-state index contributed by atoms with van der Waals surface area (Å²) in [6, 6.07) is 7.12. The van der Waals surface area contributed by atoms with Gasteiger partial charge in [-0.15, -0.1) is 0 Å². The molecule has 1 fully saturated rings. The Hall–Kier alpha value is -2.08. The van der Waals surface area contributed by atoms with Crippen molar-refractivity contribution in [2.45, 2.75) is 25.8 Å². The van der Waals surface area contributed by atoms with Crippen LogP contribution in [-0.4, -0.2) is 56.2 Å². The van der Waals surface area contributed by atoms with E-state index in [1.165, 1.54) is 0 Å². The molecule has 2 amide bonds. The Labute approximate surface area is 136 Å². The van der Waals surface area contributed by atoms with Gasteiger partial charge < -0.3 is 19.7 Å². The summed E-state index contributed by atoms with van der Waals surface area (Å²) in [6.07, 6.45) is 0.987. The largest absolute Gasteiger partial charge is 0.497 e. The summed E-state index contributed by atoms with van der Waals surface area (Å²) in [5.41, 5.74) is 1.06. The molecule has 6 heteroatoms. The smallest absolute Gasteiger partial charge is 0.245 e. The second-order valence-electron chi connectivity index (χ2n) is 5.57. The van der Waals surface area contributed by atoms with E-state index < -0.39 is 6.04 Å². The average Bonchev–Trinajstić information content (AvgIpc) is 2.60. The van der Waals surface area contributed by atoms with Crippen LogP contribution in [0.4, 0.5) is 0 Å². The van der Waals surface area contributed by atoms with Crippen molar-refractivity contribution in [2.24, 2.45) is 0 Å². The van der Waals surface area contributed by atoms with E-state index in [4.69, 9.17) is 9.47 Å². The second-order valence-corrected chi connectivity index (χ2v) is 5.57. The van der Waals surface area contributed by atoms with Crippen LogP contribution in [0.3, 0.4) is 0 Å². The van der Waals surface area contributed by atoms with Gasteiger partial charge in [-0.1, -0.05) is 12.1 Å². The number of rotatable bonds is 6. The second kappa shape index (κ2) is 8.53. The molecule has 1 saturated heterocycles.